The summed E-state index contributed by atoms with van der Waals surface area (Å²) in [7, 11) is -6.00. The van der Waals surface area contributed by atoms with Gasteiger partial charge in [-0.25, -0.2) is 16.8 Å². The van der Waals surface area contributed by atoms with Crippen LogP contribution in [0.2, 0.25) is 0 Å². The van der Waals surface area contributed by atoms with Crippen molar-refractivity contribution >= 4 is 31.4 Å². The summed E-state index contributed by atoms with van der Waals surface area (Å²) in [5.41, 5.74) is 1.97. The van der Waals surface area contributed by atoms with Crippen LogP contribution in [0.5, 0.6) is 5.75 Å². The minimum atomic E-state index is -3.96. The Morgan fingerprint density at radius 1 is 1.10 bits per heavy atom. The fourth-order valence-electron chi connectivity index (χ4n) is 4.11. The maximum absolute atomic E-state index is 13.7. The van der Waals surface area contributed by atoms with Crippen molar-refractivity contribution in [2.45, 2.75) is 37.1 Å². The molecular formula is C20H24N2O5S2. The Labute approximate surface area is 172 Å². The molecule has 0 aromatic heterocycles. The number of sulfonamides is 2. The van der Waals surface area contributed by atoms with Crippen LogP contribution in [0, 0.1) is 0 Å². The van der Waals surface area contributed by atoms with Crippen LogP contribution in [0.15, 0.2) is 47.4 Å². The molecule has 2 aliphatic heterocycles. The second-order valence-electron chi connectivity index (χ2n) is 7.41. The van der Waals surface area contributed by atoms with Crippen molar-refractivity contribution in [3.05, 3.63) is 48.0 Å². The average Bonchev–Trinajstić information content (AvgIpc) is 3.03. The van der Waals surface area contributed by atoms with Crippen LogP contribution >= 0.6 is 0 Å². The molecule has 29 heavy (non-hydrogen) atoms. The minimum absolute atomic E-state index is 0.0261. The third-order valence-electron chi connectivity index (χ3n) is 5.47. The summed E-state index contributed by atoms with van der Waals surface area (Å²) in [5, 5.41) is 0. The monoisotopic (exact) mass is 436 g/mol. The highest BCUT2D eigenvalue weighted by Gasteiger charge is 2.38. The van der Waals surface area contributed by atoms with Crippen molar-refractivity contribution in [1.82, 2.24) is 0 Å². The van der Waals surface area contributed by atoms with Gasteiger partial charge in [-0.1, -0.05) is 18.2 Å². The van der Waals surface area contributed by atoms with E-state index >= 15 is 0 Å². The second-order valence-corrected chi connectivity index (χ2v) is 11.2. The summed E-state index contributed by atoms with van der Waals surface area (Å²) in [6.45, 7) is 2.21. The van der Waals surface area contributed by atoms with Crippen molar-refractivity contribution < 1.29 is 21.6 Å². The molecule has 2 aliphatic rings. The van der Waals surface area contributed by atoms with Gasteiger partial charge in [-0.05, 0) is 56.0 Å². The van der Waals surface area contributed by atoms with Crippen LogP contribution in [0.3, 0.4) is 0 Å². The normalized spacial score (nSPS) is 21.1. The number of nitrogens with zero attached hydrogens (tertiary/aromatic N) is 2. The van der Waals surface area contributed by atoms with E-state index in [0.29, 0.717) is 30.8 Å². The summed E-state index contributed by atoms with van der Waals surface area (Å²) in [6, 6.07) is 11.7. The molecule has 2 heterocycles. The van der Waals surface area contributed by atoms with Crippen LogP contribution < -0.4 is 13.3 Å². The van der Waals surface area contributed by atoms with Gasteiger partial charge in [-0.3, -0.25) is 8.61 Å². The Kier molecular flexibility index (Phi) is 4.98. The quantitative estimate of drug-likeness (QED) is 0.736. The molecule has 9 heteroatoms. The summed E-state index contributed by atoms with van der Waals surface area (Å²) in [5.74, 6) is 0.261. The number of anilines is 2. The minimum Gasteiger partial charge on any atom is -0.495 e. The van der Waals surface area contributed by atoms with Gasteiger partial charge in [0.15, 0.2) is 0 Å². The van der Waals surface area contributed by atoms with E-state index in [0.717, 1.165) is 12.0 Å². The Bertz CT molecular complexity index is 1150. The SMILES string of the molecule is COc1ccc(N2CCCCS2(=O)=O)cc1S(=O)(=O)N1c2ccccc2CC1C. The van der Waals surface area contributed by atoms with E-state index in [1.807, 2.05) is 25.1 Å². The fraction of sp³-hybridized carbons (Fsp3) is 0.400. The van der Waals surface area contributed by atoms with Crippen LogP contribution in [0.25, 0.3) is 0 Å². The lowest BCUT2D eigenvalue weighted by molar-refractivity contribution is 0.402. The molecule has 2 aromatic carbocycles. The van der Waals surface area contributed by atoms with Gasteiger partial charge >= 0.3 is 0 Å². The number of methoxy groups -OCH3 is 1. The molecule has 1 fully saturated rings. The summed E-state index contributed by atoms with van der Waals surface area (Å²) < 4.78 is 60.4. The molecule has 1 saturated heterocycles. The Hall–Kier alpha value is -2.26. The van der Waals surface area contributed by atoms with Gasteiger partial charge < -0.3 is 4.74 Å². The van der Waals surface area contributed by atoms with Gasteiger partial charge in [0, 0.05) is 12.6 Å². The third-order valence-corrected chi connectivity index (χ3v) is 9.28. The van der Waals surface area contributed by atoms with E-state index in [9.17, 15) is 16.8 Å². The summed E-state index contributed by atoms with van der Waals surface area (Å²) >= 11 is 0. The number of rotatable bonds is 4. The number of para-hydroxylation sites is 1. The standard InChI is InChI=1S/C20H24N2O5S2/c1-15-13-16-7-3-4-8-18(16)22(15)29(25,26)20-14-17(9-10-19(20)27-2)21-11-5-6-12-28(21,23)24/h3-4,7-10,14-15H,5-6,11-13H2,1-2H3. The highest BCUT2D eigenvalue weighted by Crippen LogP contribution is 2.40. The van der Waals surface area contributed by atoms with E-state index in [-0.39, 0.29) is 22.4 Å². The molecule has 1 unspecified atom stereocenters. The van der Waals surface area contributed by atoms with Gasteiger partial charge in [0.05, 0.1) is 24.2 Å². The molecule has 0 radical (unpaired) electrons. The van der Waals surface area contributed by atoms with Crippen LogP contribution in [-0.4, -0.2) is 42.3 Å². The van der Waals surface area contributed by atoms with E-state index in [2.05, 4.69) is 0 Å². The number of ether oxygens (including phenoxy) is 1. The zero-order chi connectivity index (χ0) is 20.8. The average molecular weight is 437 g/mol. The van der Waals surface area contributed by atoms with E-state index in [4.69, 9.17) is 4.74 Å². The van der Waals surface area contributed by atoms with Gasteiger partial charge in [0.1, 0.15) is 10.6 Å². The van der Waals surface area contributed by atoms with E-state index in [1.165, 1.54) is 27.9 Å². The predicted octanol–water partition coefficient (Wildman–Crippen LogP) is 2.77. The van der Waals surface area contributed by atoms with Crippen molar-refractivity contribution in [2.24, 2.45) is 0 Å². The zero-order valence-corrected chi connectivity index (χ0v) is 18.0. The lowest BCUT2D eigenvalue weighted by atomic mass is 10.1. The maximum atomic E-state index is 13.7. The number of fused-ring (bicyclic) bond motifs is 1. The van der Waals surface area contributed by atoms with Gasteiger partial charge in [-0.15, -0.1) is 0 Å². The largest absolute Gasteiger partial charge is 0.495 e. The highest BCUT2D eigenvalue weighted by molar-refractivity contribution is 7.93. The van der Waals surface area contributed by atoms with E-state index in [1.54, 1.807) is 12.1 Å². The molecule has 0 amide bonds. The van der Waals surface area contributed by atoms with Crippen molar-refractivity contribution in [2.75, 3.05) is 28.0 Å². The lowest BCUT2D eigenvalue weighted by Gasteiger charge is -2.30. The molecule has 0 spiro atoms. The first-order valence-corrected chi connectivity index (χ1v) is 12.6. The predicted molar refractivity (Wildman–Crippen MR) is 113 cm³/mol. The van der Waals surface area contributed by atoms with Crippen molar-refractivity contribution in [1.29, 1.82) is 0 Å². The lowest BCUT2D eigenvalue weighted by Crippen LogP contribution is -2.38. The molecule has 7 nitrogen and oxygen atoms in total. The van der Waals surface area contributed by atoms with E-state index < -0.39 is 20.0 Å². The van der Waals surface area contributed by atoms with Crippen molar-refractivity contribution in [3.63, 3.8) is 0 Å². The van der Waals surface area contributed by atoms with Gasteiger partial charge in [0.25, 0.3) is 10.0 Å². The molecule has 0 bridgehead atoms. The van der Waals surface area contributed by atoms with Gasteiger partial charge in [-0.2, -0.15) is 0 Å². The topological polar surface area (TPSA) is 84.0 Å². The molecule has 156 valence electrons. The molecule has 0 saturated carbocycles. The Morgan fingerprint density at radius 2 is 1.86 bits per heavy atom. The fourth-order valence-corrected chi connectivity index (χ4v) is 7.61. The summed E-state index contributed by atoms with van der Waals surface area (Å²) in [6.07, 6.45) is 1.98. The van der Waals surface area contributed by atoms with Gasteiger partial charge in [0.2, 0.25) is 10.0 Å². The molecule has 0 N–H and O–H groups in total. The Morgan fingerprint density at radius 3 is 2.59 bits per heavy atom. The first-order valence-electron chi connectivity index (χ1n) is 9.56. The molecule has 4 rings (SSSR count). The second kappa shape index (κ2) is 7.21. The number of hydrogen-bond donors (Lipinski definition) is 0. The third kappa shape index (κ3) is 3.36. The smallest absolute Gasteiger partial charge is 0.268 e. The van der Waals surface area contributed by atoms with Crippen LogP contribution in [0.4, 0.5) is 11.4 Å². The van der Waals surface area contributed by atoms with Crippen LogP contribution in [-0.2, 0) is 26.5 Å². The molecule has 0 aliphatic carbocycles. The zero-order valence-electron chi connectivity index (χ0n) is 16.4. The molecular weight excluding hydrogens is 412 g/mol. The highest BCUT2D eigenvalue weighted by atomic mass is 32.2. The molecule has 1 atom stereocenters. The van der Waals surface area contributed by atoms with Crippen molar-refractivity contribution in [3.8, 4) is 5.75 Å². The number of benzene rings is 2. The van der Waals surface area contributed by atoms with Crippen LogP contribution in [0.1, 0.15) is 25.3 Å². The first-order chi connectivity index (χ1) is 13.8. The molecule has 2 aromatic rings. The maximum Gasteiger partial charge on any atom is 0.268 e. The summed E-state index contributed by atoms with van der Waals surface area (Å²) in [4.78, 5) is -0.0261. The number of hydrogen-bond acceptors (Lipinski definition) is 5. The first kappa shape index (κ1) is 20.0. The Balaban J connectivity index is 1.83.